The lowest BCUT2D eigenvalue weighted by molar-refractivity contribution is 0.279. The van der Waals surface area contributed by atoms with Crippen molar-refractivity contribution in [1.82, 2.24) is 5.32 Å². The molecule has 0 heterocycles. The molecule has 0 atom stereocenters. The maximum absolute atomic E-state index is 13.8. The highest BCUT2D eigenvalue weighted by Gasteiger charge is 2.12. The number of halogens is 2. The molecule has 0 spiro atoms. The van der Waals surface area contributed by atoms with Crippen molar-refractivity contribution in [3.05, 3.63) is 88.2 Å². The minimum Gasteiger partial charge on any atom is -0.497 e. The van der Waals surface area contributed by atoms with Gasteiger partial charge in [-0.3, -0.25) is 0 Å². The van der Waals surface area contributed by atoms with Gasteiger partial charge in [0.2, 0.25) is 0 Å². The van der Waals surface area contributed by atoms with E-state index in [1.54, 1.807) is 38.5 Å². The van der Waals surface area contributed by atoms with E-state index in [9.17, 15) is 4.39 Å². The molecule has 0 bridgehead atoms. The van der Waals surface area contributed by atoms with Gasteiger partial charge < -0.3 is 19.5 Å². The Kier molecular flexibility index (Phi) is 7.94. The quantitative estimate of drug-likeness (QED) is 0.437. The van der Waals surface area contributed by atoms with Crippen molar-refractivity contribution in [2.75, 3.05) is 20.8 Å². The standard InChI is InChI=1S/C24H25ClFNO3/c1-28-20-9-7-17(8-10-20)11-12-27-15-19-13-23(29-2)24(14-21(19)25)30-16-18-5-3-4-6-22(18)26/h3-10,13-14,27H,11-12,15-16H2,1-2H3. The van der Waals surface area contributed by atoms with Gasteiger partial charge in [-0.05, 0) is 48.4 Å². The van der Waals surface area contributed by atoms with Gasteiger partial charge in [-0.15, -0.1) is 0 Å². The molecule has 30 heavy (non-hydrogen) atoms. The molecule has 158 valence electrons. The van der Waals surface area contributed by atoms with Crippen LogP contribution in [0.3, 0.4) is 0 Å². The van der Waals surface area contributed by atoms with Gasteiger partial charge >= 0.3 is 0 Å². The molecule has 0 saturated carbocycles. The molecule has 0 aliphatic heterocycles. The molecule has 0 amide bonds. The number of hydrogen-bond donors (Lipinski definition) is 1. The van der Waals surface area contributed by atoms with Gasteiger partial charge in [0.05, 0.1) is 14.2 Å². The van der Waals surface area contributed by atoms with Gasteiger partial charge in [0.25, 0.3) is 0 Å². The Morgan fingerprint density at radius 3 is 2.37 bits per heavy atom. The Bertz CT molecular complexity index is 963. The van der Waals surface area contributed by atoms with Crippen LogP contribution in [0, 0.1) is 5.82 Å². The maximum Gasteiger partial charge on any atom is 0.163 e. The van der Waals surface area contributed by atoms with Crippen LogP contribution in [0.25, 0.3) is 0 Å². The topological polar surface area (TPSA) is 39.7 Å². The summed E-state index contributed by atoms with van der Waals surface area (Å²) in [4.78, 5) is 0. The molecule has 6 heteroatoms. The Morgan fingerprint density at radius 2 is 1.67 bits per heavy atom. The fourth-order valence-corrected chi connectivity index (χ4v) is 3.22. The fourth-order valence-electron chi connectivity index (χ4n) is 3.00. The van der Waals surface area contributed by atoms with Crippen molar-refractivity contribution in [3.8, 4) is 17.2 Å². The van der Waals surface area contributed by atoms with Crippen molar-refractivity contribution in [3.63, 3.8) is 0 Å². The van der Waals surface area contributed by atoms with Crippen LogP contribution in [-0.4, -0.2) is 20.8 Å². The minimum absolute atomic E-state index is 0.0961. The van der Waals surface area contributed by atoms with Gasteiger partial charge in [-0.25, -0.2) is 4.39 Å². The number of methoxy groups -OCH3 is 2. The zero-order valence-electron chi connectivity index (χ0n) is 17.1. The van der Waals surface area contributed by atoms with Crippen molar-refractivity contribution in [2.24, 2.45) is 0 Å². The summed E-state index contributed by atoms with van der Waals surface area (Å²) in [6.07, 6.45) is 0.891. The van der Waals surface area contributed by atoms with E-state index in [0.29, 0.717) is 28.6 Å². The molecule has 0 aliphatic rings. The van der Waals surface area contributed by atoms with Crippen LogP contribution in [0.5, 0.6) is 17.2 Å². The average molecular weight is 430 g/mol. The number of ether oxygens (including phenoxy) is 3. The first-order valence-electron chi connectivity index (χ1n) is 9.67. The summed E-state index contributed by atoms with van der Waals surface area (Å²) in [6.45, 7) is 1.49. The molecule has 0 fully saturated rings. The second-order valence-electron chi connectivity index (χ2n) is 6.75. The highest BCUT2D eigenvalue weighted by atomic mass is 35.5. The highest BCUT2D eigenvalue weighted by Crippen LogP contribution is 2.34. The largest absolute Gasteiger partial charge is 0.497 e. The van der Waals surface area contributed by atoms with E-state index in [-0.39, 0.29) is 12.4 Å². The van der Waals surface area contributed by atoms with Crippen molar-refractivity contribution >= 4 is 11.6 Å². The van der Waals surface area contributed by atoms with E-state index in [0.717, 1.165) is 24.3 Å². The minimum atomic E-state index is -0.305. The zero-order valence-corrected chi connectivity index (χ0v) is 17.8. The third-order valence-electron chi connectivity index (χ3n) is 4.74. The second-order valence-corrected chi connectivity index (χ2v) is 7.16. The van der Waals surface area contributed by atoms with E-state index in [1.165, 1.54) is 11.6 Å². The van der Waals surface area contributed by atoms with Crippen LogP contribution in [0.1, 0.15) is 16.7 Å². The van der Waals surface area contributed by atoms with Gasteiger partial charge in [-0.2, -0.15) is 0 Å². The average Bonchev–Trinajstić information content (AvgIpc) is 2.77. The van der Waals surface area contributed by atoms with Gasteiger partial charge in [-0.1, -0.05) is 41.9 Å². The first kappa shape index (κ1) is 21.9. The summed E-state index contributed by atoms with van der Waals surface area (Å²) < 4.78 is 30.2. The third-order valence-corrected chi connectivity index (χ3v) is 5.09. The van der Waals surface area contributed by atoms with Crippen LogP contribution >= 0.6 is 11.6 Å². The number of nitrogens with one attached hydrogen (secondary N) is 1. The zero-order chi connectivity index (χ0) is 21.3. The van der Waals surface area contributed by atoms with E-state index < -0.39 is 0 Å². The summed E-state index contributed by atoms with van der Waals surface area (Å²) in [5.74, 6) is 1.58. The van der Waals surface area contributed by atoms with Crippen LogP contribution in [-0.2, 0) is 19.6 Å². The highest BCUT2D eigenvalue weighted by molar-refractivity contribution is 6.31. The van der Waals surface area contributed by atoms with Gasteiger partial charge in [0.15, 0.2) is 11.5 Å². The lowest BCUT2D eigenvalue weighted by Gasteiger charge is -2.14. The Hall–Kier alpha value is -2.76. The third kappa shape index (κ3) is 5.88. The molecular weight excluding hydrogens is 405 g/mol. The second kappa shape index (κ2) is 10.9. The Labute approximate surface area is 181 Å². The van der Waals surface area contributed by atoms with Crippen LogP contribution in [0.2, 0.25) is 5.02 Å². The molecule has 0 saturated heterocycles. The molecule has 4 nitrogen and oxygen atoms in total. The molecule has 3 aromatic rings. The predicted octanol–water partition coefficient (Wildman–Crippen LogP) is 5.41. The molecule has 0 aromatic heterocycles. The summed E-state index contributed by atoms with van der Waals surface area (Å²) >= 11 is 6.44. The van der Waals surface area contributed by atoms with Crippen LogP contribution in [0.4, 0.5) is 4.39 Å². The maximum atomic E-state index is 13.8. The summed E-state index contributed by atoms with van der Waals surface area (Å²) in [6, 6.07) is 18.1. The first-order valence-corrected chi connectivity index (χ1v) is 10.0. The summed E-state index contributed by atoms with van der Waals surface area (Å²) in [5, 5.41) is 3.96. The number of benzene rings is 3. The lowest BCUT2D eigenvalue weighted by Crippen LogP contribution is -2.17. The molecular formula is C24H25ClFNO3. The Balaban J connectivity index is 1.57. The molecule has 0 unspecified atom stereocenters. The molecule has 3 rings (SSSR count). The van der Waals surface area contributed by atoms with E-state index in [2.05, 4.69) is 17.4 Å². The molecule has 1 N–H and O–H groups in total. The molecule has 0 aliphatic carbocycles. The summed E-state index contributed by atoms with van der Waals surface area (Å²) in [5.41, 5.74) is 2.60. The predicted molar refractivity (Wildman–Crippen MR) is 117 cm³/mol. The normalized spacial score (nSPS) is 10.7. The van der Waals surface area contributed by atoms with Gasteiger partial charge in [0.1, 0.15) is 18.2 Å². The lowest BCUT2D eigenvalue weighted by atomic mass is 10.1. The number of rotatable bonds is 10. The van der Waals surface area contributed by atoms with Gasteiger partial charge in [0, 0.05) is 23.2 Å². The van der Waals surface area contributed by atoms with Crippen LogP contribution in [0.15, 0.2) is 60.7 Å². The monoisotopic (exact) mass is 429 g/mol. The molecule has 0 radical (unpaired) electrons. The van der Waals surface area contributed by atoms with Crippen molar-refractivity contribution in [1.29, 1.82) is 0 Å². The van der Waals surface area contributed by atoms with E-state index in [1.807, 2.05) is 18.2 Å². The SMILES string of the molecule is COc1ccc(CCNCc2cc(OC)c(OCc3ccccc3F)cc2Cl)cc1. The Morgan fingerprint density at radius 1 is 0.900 bits per heavy atom. The smallest absolute Gasteiger partial charge is 0.163 e. The van der Waals surface area contributed by atoms with Crippen LogP contribution < -0.4 is 19.5 Å². The fraction of sp³-hybridized carbons (Fsp3) is 0.250. The van der Waals surface area contributed by atoms with Crippen molar-refractivity contribution < 1.29 is 18.6 Å². The first-order chi connectivity index (χ1) is 14.6. The van der Waals surface area contributed by atoms with Crippen molar-refractivity contribution in [2.45, 2.75) is 19.6 Å². The van der Waals surface area contributed by atoms with E-state index >= 15 is 0 Å². The molecule has 3 aromatic carbocycles. The number of hydrogen-bond acceptors (Lipinski definition) is 4. The summed E-state index contributed by atoms with van der Waals surface area (Å²) in [7, 11) is 3.23. The van der Waals surface area contributed by atoms with E-state index in [4.69, 9.17) is 25.8 Å².